The molecule has 2 nitrogen and oxygen atoms in total. The highest BCUT2D eigenvalue weighted by Gasteiger charge is 1.99. The van der Waals surface area contributed by atoms with Crippen molar-refractivity contribution in [3.05, 3.63) is 22.4 Å². The summed E-state index contributed by atoms with van der Waals surface area (Å²) in [6, 6.07) is 4.22. The molecule has 0 amide bonds. The van der Waals surface area contributed by atoms with E-state index in [1.165, 1.54) is 4.88 Å². The van der Waals surface area contributed by atoms with E-state index in [4.69, 9.17) is 10.8 Å². The maximum atomic E-state index is 8.71. The predicted molar refractivity (Wildman–Crippen MR) is 64.8 cm³/mol. The lowest BCUT2D eigenvalue weighted by Gasteiger charge is -2.06. The molecule has 0 bridgehead atoms. The number of aliphatic hydroxyl groups is 1. The molecule has 0 unspecified atom stereocenters. The highest BCUT2D eigenvalue weighted by atomic mass is 32.2. The number of nitrogens with two attached hydrogens (primary N) is 1. The van der Waals surface area contributed by atoms with Gasteiger partial charge in [0.25, 0.3) is 0 Å². The number of thioether (sulfide) groups is 1. The summed E-state index contributed by atoms with van der Waals surface area (Å²) in [6.07, 6.45) is 2.02. The summed E-state index contributed by atoms with van der Waals surface area (Å²) in [5.41, 5.74) is 5.59. The second-order valence-electron chi connectivity index (χ2n) is 3.22. The summed E-state index contributed by atoms with van der Waals surface area (Å²) in [5, 5.41) is 10.8. The summed E-state index contributed by atoms with van der Waals surface area (Å²) in [6.45, 7) is 0.107. The molecule has 80 valence electrons. The minimum Gasteiger partial charge on any atom is -0.395 e. The zero-order valence-corrected chi connectivity index (χ0v) is 9.82. The van der Waals surface area contributed by atoms with Crippen LogP contribution in [0.4, 0.5) is 0 Å². The van der Waals surface area contributed by atoms with Gasteiger partial charge in [0, 0.05) is 16.7 Å². The summed E-state index contributed by atoms with van der Waals surface area (Å²) >= 11 is 3.74. The fraction of sp³-hybridized carbons (Fsp3) is 0.600. The van der Waals surface area contributed by atoms with Crippen LogP contribution in [-0.4, -0.2) is 23.5 Å². The first-order chi connectivity index (χ1) is 6.83. The van der Waals surface area contributed by atoms with Crippen molar-refractivity contribution in [2.75, 3.05) is 12.4 Å². The molecule has 1 aromatic heterocycles. The van der Waals surface area contributed by atoms with Crippen molar-refractivity contribution in [3.8, 4) is 0 Å². The smallest absolute Gasteiger partial charge is 0.0582 e. The second kappa shape index (κ2) is 7.29. The number of aliphatic hydroxyl groups excluding tert-OH is 1. The molecule has 0 fully saturated rings. The van der Waals surface area contributed by atoms with Gasteiger partial charge in [-0.15, -0.1) is 11.3 Å². The molecular formula is C10H17NOS2. The van der Waals surface area contributed by atoms with Crippen LogP contribution in [0.3, 0.4) is 0 Å². The number of hydrogen-bond donors (Lipinski definition) is 2. The summed E-state index contributed by atoms with van der Waals surface area (Å²) in [5.74, 6) is 2.23. The van der Waals surface area contributed by atoms with Crippen LogP contribution in [0.2, 0.25) is 0 Å². The van der Waals surface area contributed by atoms with Gasteiger partial charge in [-0.05, 0) is 30.0 Å². The molecule has 4 heteroatoms. The summed E-state index contributed by atoms with van der Waals surface area (Å²) < 4.78 is 0. The lowest BCUT2D eigenvalue weighted by Crippen LogP contribution is -2.24. The van der Waals surface area contributed by atoms with E-state index < -0.39 is 0 Å². The van der Waals surface area contributed by atoms with E-state index in [0.717, 1.165) is 24.3 Å². The van der Waals surface area contributed by atoms with Gasteiger partial charge < -0.3 is 10.8 Å². The quantitative estimate of drug-likeness (QED) is 0.706. The van der Waals surface area contributed by atoms with Gasteiger partial charge in [-0.1, -0.05) is 6.07 Å². The van der Waals surface area contributed by atoms with Crippen LogP contribution >= 0.6 is 23.1 Å². The van der Waals surface area contributed by atoms with Crippen molar-refractivity contribution in [3.63, 3.8) is 0 Å². The van der Waals surface area contributed by atoms with Crippen LogP contribution in [0.25, 0.3) is 0 Å². The van der Waals surface area contributed by atoms with E-state index in [9.17, 15) is 0 Å². The van der Waals surface area contributed by atoms with Gasteiger partial charge in [-0.3, -0.25) is 0 Å². The lowest BCUT2D eigenvalue weighted by atomic mass is 10.2. The van der Waals surface area contributed by atoms with E-state index >= 15 is 0 Å². The lowest BCUT2D eigenvalue weighted by molar-refractivity contribution is 0.259. The van der Waals surface area contributed by atoms with Crippen LogP contribution in [0.15, 0.2) is 17.5 Å². The van der Waals surface area contributed by atoms with E-state index in [1.807, 2.05) is 11.8 Å². The van der Waals surface area contributed by atoms with E-state index in [0.29, 0.717) is 0 Å². The van der Waals surface area contributed by atoms with Crippen LogP contribution in [0.5, 0.6) is 0 Å². The fourth-order valence-electron chi connectivity index (χ4n) is 1.11. The number of hydrogen-bond acceptors (Lipinski definition) is 4. The van der Waals surface area contributed by atoms with Gasteiger partial charge in [-0.2, -0.15) is 11.8 Å². The van der Waals surface area contributed by atoms with Gasteiger partial charge >= 0.3 is 0 Å². The molecule has 1 heterocycles. The number of rotatable bonds is 7. The molecule has 14 heavy (non-hydrogen) atoms. The number of thiophene rings is 1. The molecule has 0 aliphatic carbocycles. The maximum Gasteiger partial charge on any atom is 0.0582 e. The molecular weight excluding hydrogens is 214 g/mol. The molecule has 1 aromatic rings. The van der Waals surface area contributed by atoms with E-state index in [-0.39, 0.29) is 12.6 Å². The Kier molecular flexibility index (Phi) is 6.27. The molecule has 0 radical (unpaired) electrons. The van der Waals surface area contributed by atoms with Gasteiger partial charge in [-0.25, -0.2) is 0 Å². The molecule has 1 atom stereocenters. The topological polar surface area (TPSA) is 46.2 Å². The van der Waals surface area contributed by atoms with Gasteiger partial charge in [0.15, 0.2) is 0 Å². The van der Waals surface area contributed by atoms with Crippen molar-refractivity contribution in [2.24, 2.45) is 5.73 Å². The third kappa shape index (κ3) is 5.00. The molecule has 3 N–H and O–H groups in total. The standard InChI is InChI=1S/C10H17NOS2/c11-9(7-12)3-1-5-13-8-10-4-2-6-14-10/h2,4,6,9,12H,1,3,5,7-8,11H2/t9-/m0/s1. The molecule has 0 spiro atoms. The Morgan fingerprint density at radius 1 is 1.57 bits per heavy atom. The first-order valence-electron chi connectivity index (χ1n) is 4.79. The van der Waals surface area contributed by atoms with Gasteiger partial charge in [0.2, 0.25) is 0 Å². The SMILES string of the molecule is N[C@H](CO)CCCSCc1cccs1. The van der Waals surface area contributed by atoms with Crippen LogP contribution in [-0.2, 0) is 5.75 Å². The zero-order valence-electron chi connectivity index (χ0n) is 8.19. The van der Waals surface area contributed by atoms with Crippen LogP contribution in [0, 0.1) is 0 Å². The molecule has 0 saturated heterocycles. The van der Waals surface area contributed by atoms with Crippen LogP contribution < -0.4 is 5.73 Å². The van der Waals surface area contributed by atoms with Crippen molar-refractivity contribution in [2.45, 2.75) is 24.6 Å². The largest absolute Gasteiger partial charge is 0.395 e. The van der Waals surface area contributed by atoms with Gasteiger partial charge in [0.05, 0.1) is 6.61 Å². The summed E-state index contributed by atoms with van der Waals surface area (Å²) in [7, 11) is 0. The zero-order chi connectivity index (χ0) is 10.2. The van der Waals surface area contributed by atoms with Crippen LogP contribution in [0.1, 0.15) is 17.7 Å². The second-order valence-corrected chi connectivity index (χ2v) is 5.35. The third-order valence-electron chi connectivity index (χ3n) is 1.92. The Morgan fingerprint density at radius 2 is 2.43 bits per heavy atom. The van der Waals surface area contributed by atoms with Crippen molar-refractivity contribution in [1.82, 2.24) is 0 Å². The van der Waals surface area contributed by atoms with E-state index in [2.05, 4.69) is 17.5 Å². The average molecular weight is 231 g/mol. The Hall–Kier alpha value is -0.0300. The Labute approximate surface area is 93.5 Å². The highest BCUT2D eigenvalue weighted by Crippen LogP contribution is 2.18. The van der Waals surface area contributed by atoms with Crippen molar-refractivity contribution in [1.29, 1.82) is 0 Å². The maximum absolute atomic E-state index is 8.71. The monoisotopic (exact) mass is 231 g/mol. The Morgan fingerprint density at radius 3 is 3.07 bits per heavy atom. The highest BCUT2D eigenvalue weighted by molar-refractivity contribution is 7.98. The first kappa shape index (κ1) is 12.0. The predicted octanol–water partition coefficient (Wildman–Crippen LogP) is 2.08. The summed E-state index contributed by atoms with van der Waals surface area (Å²) in [4.78, 5) is 1.43. The minimum atomic E-state index is -0.0302. The first-order valence-corrected chi connectivity index (χ1v) is 6.83. The molecule has 1 rings (SSSR count). The Balaban J connectivity index is 1.95. The van der Waals surface area contributed by atoms with Crippen molar-refractivity contribution >= 4 is 23.1 Å². The minimum absolute atomic E-state index is 0.0302. The Bertz CT molecular complexity index is 226. The molecule has 0 aromatic carbocycles. The third-order valence-corrected chi connectivity index (χ3v) is 4.07. The van der Waals surface area contributed by atoms with Crippen molar-refractivity contribution < 1.29 is 5.11 Å². The van der Waals surface area contributed by atoms with Gasteiger partial charge in [0.1, 0.15) is 0 Å². The normalized spacial score (nSPS) is 13.0. The van der Waals surface area contributed by atoms with E-state index in [1.54, 1.807) is 11.3 Å². The molecule has 0 aliphatic heterocycles. The molecule has 0 saturated carbocycles. The fourth-order valence-corrected chi connectivity index (χ4v) is 2.93. The average Bonchev–Trinajstić information content (AvgIpc) is 2.69. The molecule has 0 aliphatic rings.